The summed E-state index contributed by atoms with van der Waals surface area (Å²) in [7, 11) is 0. The minimum Gasteiger partial charge on any atom is -0.466 e. The number of fused-ring (bicyclic) bond motifs is 1. The van der Waals surface area contributed by atoms with Crippen LogP contribution in [-0.4, -0.2) is 34.9 Å². The zero-order valence-electron chi connectivity index (χ0n) is 15.7. The van der Waals surface area contributed by atoms with Crippen LogP contribution >= 0.6 is 11.3 Å². The molecule has 6 heteroatoms. The molecule has 0 bridgehead atoms. The summed E-state index contributed by atoms with van der Waals surface area (Å²) >= 11 is 1.53. The van der Waals surface area contributed by atoms with Gasteiger partial charge in [0.25, 0.3) is 5.91 Å². The molecular weight excluding hydrogens is 372 g/mol. The van der Waals surface area contributed by atoms with E-state index in [9.17, 15) is 9.59 Å². The lowest BCUT2D eigenvalue weighted by Crippen LogP contribution is -2.33. The Morgan fingerprint density at radius 1 is 1.21 bits per heavy atom. The lowest BCUT2D eigenvalue weighted by atomic mass is 10.1. The number of hydrogen-bond acceptors (Lipinski definition) is 5. The molecule has 0 saturated heterocycles. The molecule has 0 radical (unpaired) electrons. The van der Waals surface area contributed by atoms with Crippen molar-refractivity contribution in [2.24, 2.45) is 11.8 Å². The van der Waals surface area contributed by atoms with E-state index in [2.05, 4.69) is 4.98 Å². The third kappa shape index (κ3) is 4.07. The third-order valence-corrected chi connectivity index (χ3v) is 5.84. The van der Waals surface area contributed by atoms with Crippen LogP contribution in [0.3, 0.4) is 0 Å². The average molecular weight is 394 g/mol. The van der Waals surface area contributed by atoms with Gasteiger partial charge in [0.2, 0.25) is 0 Å². The maximum atomic E-state index is 13.3. The Hall–Kier alpha value is -2.73. The van der Waals surface area contributed by atoms with Crippen LogP contribution < -0.4 is 0 Å². The Morgan fingerprint density at radius 2 is 2.04 bits per heavy atom. The fourth-order valence-corrected chi connectivity index (χ4v) is 4.18. The van der Waals surface area contributed by atoms with E-state index in [1.807, 2.05) is 60.4 Å². The number of benzene rings is 2. The van der Waals surface area contributed by atoms with E-state index < -0.39 is 0 Å². The molecule has 4 rings (SSSR count). The molecular formula is C22H22N2O3S. The van der Waals surface area contributed by atoms with E-state index in [0.717, 1.165) is 22.2 Å². The molecule has 1 aliphatic carbocycles. The van der Waals surface area contributed by atoms with Crippen LogP contribution in [0.4, 0.5) is 0 Å². The molecule has 1 heterocycles. The largest absolute Gasteiger partial charge is 0.466 e. The standard InChI is InChI=1S/C22H22N2O3S/c1-2-27-22(26)18-10-17(18)13-24(12-15-6-4-3-5-7-15)21(25)16-8-9-19-20(11-16)28-14-23-19/h3-9,11,14,17-18H,2,10,12-13H2,1H3/t17-,18+/m0/s1. The highest BCUT2D eigenvalue weighted by atomic mass is 32.1. The van der Waals surface area contributed by atoms with Crippen molar-refractivity contribution in [1.82, 2.24) is 9.88 Å². The van der Waals surface area contributed by atoms with Gasteiger partial charge in [-0.3, -0.25) is 9.59 Å². The molecule has 1 aromatic heterocycles. The number of carbonyl (C=O) groups excluding carboxylic acids is 2. The third-order valence-electron chi connectivity index (χ3n) is 5.05. The molecule has 1 aliphatic rings. The summed E-state index contributed by atoms with van der Waals surface area (Å²) < 4.78 is 6.13. The van der Waals surface area contributed by atoms with Crippen LogP contribution in [0.5, 0.6) is 0 Å². The number of amides is 1. The normalized spacial score (nSPS) is 18.0. The molecule has 3 aromatic rings. The molecule has 1 saturated carbocycles. The summed E-state index contributed by atoms with van der Waals surface area (Å²) in [6, 6.07) is 15.6. The number of carbonyl (C=O) groups is 2. The van der Waals surface area contributed by atoms with Gasteiger partial charge < -0.3 is 9.64 Å². The van der Waals surface area contributed by atoms with Gasteiger partial charge in [-0.05, 0) is 43.0 Å². The summed E-state index contributed by atoms with van der Waals surface area (Å²) in [5, 5.41) is 0. The highest BCUT2D eigenvalue weighted by molar-refractivity contribution is 7.16. The Labute approximate surface area is 168 Å². The average Bonchev–Trinajstić information content (AvgIpc) is 3.32. The Balaban J connectivity index is 1.53. The van der Waals surface area contributed by atoms with Gasteiger partial charge in [-0.25, -0.2) is 4.98 Å². The van der Waals surface area contributed by atoms with E-state index in [1.165, 1.54) is 11.3 Å². The second-order valence-corrected chi connectivity index (χ2v) is 7.95. The quantitative estimate of drug-likeness (QED) is 0.565. The van der Waals surface area contributed by atoms with Crippen LogP contribution in [0, 0.1) is 11.8 Å². The van der Waals surface area contributed by atoms with Gasteiger partial charge in [0, 0.05) is 18.7 Å². The van der Waals surface area contributed by atoms with Gasteiger partial charge in [0.05, 0.1) is 28.3 Å². The van der Waals surface area contributed by atoms with Crippen LogP contribution in [0.15, 0.2) is 54.0 Å². The van der Waals surface area contributed by atoms with Crippen molar-refractivity contribution in [3.8, 4) is 0 Å². The molecule has 1 amide bonds. The van der Waals surface area contributed by atoms with Crippen molar-refractivity contribution in [2.45, 2.75) is 19.9 Å². The van der Waals surface area contributed by atoms with Crippen LogP contribution in [0.25, 0.3) is 10.2 Å². The van der Waals surface area contributed by atoms with Gasteiger partial charge in [-0.2, -0.15) is 0 Å². The zero-order valence-corrected chi connectivity index (χ0v) is 16.5. The smallest absolute Gasteiger partial charge is 0.309 e. The number of hydrogen-bond donors (Lipinski definition) is 0. The monoisotopic (exact) mass is 394 g/mol. The van der Waals surface area contributed by atoms with Gasteiger partial charge in [0.1, 0.15) is 0 Å². The Kier molecular flexibility index (Phi) is 5.39. The molecule has 28 heavy (non-hydrogen) atoms. The first-order chi connectivity index (χ1) is 13.7. The Morgan fingerprint density at radius 3 is 2.82 bits per heavy atom. The molecule has 5 nitrogen and oxygen atoms in total. The minimum absolute atomic E-state index is 0.0198. The van der Waals surface area contributed by atoms with E-state index in [4.69, 9.17) is 4.74 Å². The number of nitrogens with zero attached hydrogens (tertiary/aromatic N) is 2. The summed E-state index contributed by atoms with van der Waals surface area (Å²) in [4.78, 5) is 31.4. The maximum absolute atomic E-state index is 13.3. The van der Waals surface area contributed by atoms with Crippen LogP contribution in [-0.2, 0) is 16.1 Å². The molecule has 0 unspecified atom stereocenters. The molecule has 1 fully saturated rings. The first kappa shape index (κ1) is 18.6. The summed E-state index contributed by atoms with van der Waals surface area (Å²) in [5.41, 5.74) is 4.42. The molecule has 2 aromatic carbocycles. The number of rotatable bonds is 7. The Bertz CT molecular complexity index is 986. The lowest BCUT2D eigenvalue weighted by Gasteiger charge is -2.23. The predicted molar refractivity (Wildman–Crippen MR) is 109 cm³/mol. The number of thiazole rings is 1. The second-order valence-electron chi connectivity index (χ2n) is 7.06. The van der Waals surface area contributed by atoms with Gasteiger partial charge >= 0.3 is 5.97 Å². The number of ether oxygens (including phenoxy) is 1. The first-order valence-electron chi connectivity index (χ1n) is 9.48. The van der Waals surface area contributed by atoms with Gasteiger partial charge in [-0.15, -0.1) is 11.3 Å². The van der Waals surface area contributed by atoms with E-state index in [0.29, 0.717) is 25.3 Å². The van der Waals surface area contributed by atoms with Crippen molar-refractivity contribution in [1.29, 1.82) is 0 Å². The minimum atomic E-state index is -0.148. The van der Waals surface area contributed by atoms with Gasteiger partial charge in [-0.1, -0.05) is 30.3 Å². The summed E-state index contributed by atoms with van der Waals surface area (Å²) in [5.74, 6) is -0.0896. The summed E-state index contributed by atoms with van der Waals surface area (Å²) in [6.45, 7) is 3.28. The molecule has 0 aliphatic heterocycles. The van der Waals surface area contributed by atoms with Gasteiger partial charge in [0.15, 0.2) is 0 Å². The molecule has 144 valence electrons. The highest BCUT2D eigenvalue weighted by Crippen LogP contribution is 2.40. The molecule has 0 N–H and O–H groups in total. The van der Waals surface area contributed by atoms with Crippen LogP contribution in [0.2, 0.25) is 0 Å². The predicted octanol–water partition coefficient (Wildman–Crippen LogP) is 4.14. The lowest BCUT2D eigenvalue weighted by molar-refractivity contribution is -0.145. The number of aromatic nitrogens is 1. The van der Waals surface area contributed by atoms with E-state index in [-0.39, 0.29) is 23.7 Å². The van der Waals surface area contributed by atoms with Crippen molar-refractivity contribution in [2.75, 3.05) is 13.2 Å². The van der Waals surface area contributed by atoms with Crippen LogP contribution in [0.1, 0.15) is 29.3 Å². The maximum Gasteiger partial charge on any atom is 0.309 e. The van der Waals surface area contributed by atoms with E-state index in [1.54, 1.807) is 5.51 Å². The zero-order chi connectivity index (χ0) is 19.5. The van der Waals surface area contributed by atoms with Crippen molar-refractivity contribution >= 4 is 33.4 Å². The van der Waals surface area contributed by atoms with Crippen molar-refractivity contribution in [3.05, 3.63) is 65.2 Å². The van der Waals surface area contributed by atoms with Crippen molar-refractivity contribution in [3.63, 3.8) is 0 Å². The summed E-state index contributed by atoms with van der Waals surface area (Å²) in [6.07, 6.45) is 0.783. The fraction of sp³-hybridized carbons (Fsp3) is 0.318. The second kappa shape index (κ2) is 8.10. The van der Waals surface area contributed by atoms with Crippen molar-refractivity contribution < 1.29 is 14.3 Å². The highest BCUT2D eigenvalue weighted by Gasteiger charge is 2.45. The number of esters is 1. The topological polar surface area (TPSA) is 59.5 Å². The first-order valence-corrected chi connectivity index (χ1v) is 10.4. The van der Waals surface area contributed by atoms with E-state index >= 15 is 0 Å². The molecule has 0 spiro atoms. The SMILES string of the molecule is CCOC(=O)[C@@H]1C[C@H]1CN(Cc1ccccc1)C(=O)c1ccc2ncsc2c1. The molecule has 2 atom stereocenters. The fourth-order valence-electron chi connectivity index (χ4n) is 3.46.